The number of piperidine rings is 1. The van der Waals surface area contributed by atoms with Gasteiger partial charge in [0.05, 0.1) is 0 Å². The fourth-order valence-electron chi connectivity index (χ4n) is 1.97. The Hall–Kier alpha value is -0.820. The maximum atomic E-state index is 3.59. The summed E-state index contributed by atoms with van der Waals surface area (Å²) in [6, 6.07) is 11.3. The van der Waals surface area contributed by atoms with Crippen LogP contribution < -0.4 is 5.32 Å². The van der Waals surface area contributed by atoms with E-state index < -0.39 is 0 Å². The Balaban J connectivity index is 2.03. The second-order valence-electron chi connectivity index (χ2n) is 4.05. The number of hydrogen-bond acceptors (Lipinski definition) is 1. The maximum Gasteiger partial charge on any atom is 0.0320 e. The van der Waals surface area contributed by atoms with Gasteiger partial charge in [0.2, 0.25) is 0 Å². The zero-order chi connectivity index (χ0) is 9.10. The summed E-state index contributed by atoms with van der Waals surface area (Å²) >= 11 is 0. The smallest absolute Gasteiger partial charge is 0.0320 e. The third-order valence-electron chi connectivity index (χ3n) is 2.86. The third-order valence-corrected chi connectivity index (χ3v) is 2.86. The fraction of sp³-hybridized carbons (Fsp3) is 0.500. The molecular formula is C12H17N. The lowest BCUT2D eigenvalue weighted by molar-refractivity contribution is 0.333. The van der Waals surface area contributed by atoms with E-state index in [1.54, 1.807) is 0 Å². The van der Waals surface area contributed by atoms with E-state index in [2.05, 4.69) is 42.6 Å². The van der Waals surface area contributed by atoms with Gasteiger partial charge in [0.1, 0.15) is 0 Å². The minimum Gasteiger partial charge on any atom is -0.310 e. The summed E-state index contributed by atoms with van der Waals surface area (Å²) in [5.41, 5.74) is 1.44. The van der Waals surface area contributed by atoms with Crippen LogP contribution in [0.2, 0.25) is 0 Å². The van der Waals surface area contributed by atoms with Crippen LogP contribution in [0.25, 0.3) is 0 Å². The third kappa shape index (κ3) is 2.10. The lowest BCUT2D eigenvalue weighted by Gasteiger charge is -2.28. The van der Waals surface area contributed by atoms with Crippen LogP contribution in [-0.4, -0.2) is 6.54 Å². The van der Waals surface area contributed by atoms with Gasteiger partial charge in [-0.05, 0) is 30.9 Å². The van der Waals surface area contributed by atoms with E-state index in [4.69, 9.17) is 0 Å². The lowest BCUT2D eigenvalue weighted by atomic mass is 9.92. The van der Waals surface area contributed by atoms with Gasteiger partial charge in [0.25, 0.3) is 0 Å². The van der Waals surface area contributed by atoms with Gasteiger partial charge in [-0.15, -0.1) is 0 Å². The molecule has 1 heterocycles. The molecule has 1 unspecified atom stereocenters. The molecule has 0 bridgehead atoms. The molecule has 2 rings (SSSR count). The second kappa shape index (κ2) is 3.93. The topological polar surface area (TPSA) is 12.0 Å². The van der Waals surface area contributed by atoms with Crippen LogP contribution in [0.3, 0.4) is 0 Å². The fourth-order valence-corrected chi connectivity index (χ4v) is 1.97. The standard InChI is InChI=1S/C12H17N/c1-10-7-8-12(13-9-10)11-5-3-2-4-6-11/h2-6,10,12-13H,7-9H2,1H3/t10?,12-/m0/s1. The number of rotatable bonds is 1. The first-order valence-corrected chi connectivity index (χ1v) is 5.14. The van der Waals surface area contributed by atoms with Gasteiger partial charge in [-0.3, -0.25) is 0 Å². The molecule has 0 amide bonds. The summed E-state index contributed by atoms with van der Waals surface area (Å²) in [4.78, 5) is 0. The van der Waals surface area contributed by atoms with Crippen LogP contribution in [0.5, 0.6) is 0 Å². The first-order valence-electron chi connectivity index (χ1n) is 5.14. The van der Waals surface area contributed by atoms with Crippen molar-refractivity contribution in [3.63, 3.8) is 0 Å². The zero-order valence-corrected chi connectivity index (χ0v) is 8.16. The van der Waals surface area contributed by atoms with Crippen molar-refractivity contribution >= 4 is 0 Å². The van der Waals surface area contributed by atoms with Crippen LogP contribution in [0.4, 0.5) is 0 Å². The number of benzene rings is 1. The van der Waals surface area contributed by atoms with Gasteiger partial charge in [-0.2, -0.15) is 0 Å². The summed E-state index contributed by atoms with van der Waals surface area (Å²) in [6.07, 6.45) is 2.64. The average Bonchev–Trinajstić information content (AvgIpc) is 2.20. The van der Waals surface area contributed by atoms with Gasteiger partial charge in [0.15, 0.2) is 0 Å². The summed E-state index contributed by atoms with van der Waals surface area (Å²) in [5.74, 6) is 0.847. The molecule has 1 heteroatoms. The molecule has 0 aliphatic carbocycles. The molecule has 1 saturated heterocycles. The van der Waals surface area contributed by atoms with E-state index >= 15 is 0 Å². The van der Waals surface area contributed by atoms with Crippen molar-refractivity contribution in [3.8, 4) is 0 Å². The molecule has 1 aromatic carbocycles. The van der Waals surface area contributed by atoms with Crippen molar-refractivity contribution < 1.29 is 0 Å². The summed E-state index contributed by atoms with van der Waals surface area (Å²) in [7, 11) is 0. The van der Waals surface area contributed by atoms with Crippen molar-refractivity contribution in [3.05, 3.63) is 35.9 Å². The first kappa shape index (κ1) is 8.76. The second-order valence-corrected chi connectivity index (χ2v) is 4.05. The molecular weight excluding hydrogens is 158 g/mol. The van der Waals surface area contributed by atoms with Gasteiger partial charge >= 0.3 is 0 Å². The Morgan fingerprint density at radius 1 is 1.15 bits per heavy atom. The van der Waals surface area contributed by atoms with Crippen LogP contribution in [0.15, 0.2) is 30.3 Å². The highest BCUT2D eigenvalue weighted by Crippen LogP contribution is 2.24. The predicted octanol–water partition coefficient (Wildman–Crippen LogP) is 2.75. The minimum absolute atomic E-state index is 0.595. The molecule has 1 aliphatic heterocycles. The van der Waals surface area contributed by atoms with Gasteiger partial charge < -0.3 is 5.32 Å². The highest BCUT2D eigenvalue weighted by molar-refractivity contribution is 5.19. The van der Waals surface area contributed by atoms with E-state index in [0.29, 0.717) is 6.04 Å². The molecule has 13 heavy (non-hydrogen) atoms. The largest absolute Gasteiger partial charge is 0.310 e. The Bertz CT molecular complexity index is 247. The Morgan fingerprint density at radius 3 is 2.54 bits per heavy atom. The molecule has 0 aromatic heterocycles. The Kier molecular flexibility index (Phi) is 2.65. The monoisotopic (exact) mass is 175 g/mol. The van der Waals surface area contributed by atoms with Crippen molar-refractivity contribution in [2.75, 3.05) is 6.54 Å². The normalized spacial score (nSPS) is 28.7. The van der Waals surface area contributed by atoms with E-state index in [1.807, 2.05) is 0 Å². The zero-order valence-electron chi connectivity index (χ0n) is 8.16. The molecule has 2 atom stereocenters. The lowest BCUT2D eigenvalue weighted by Crippen LogP contribution is -2.31. The molecule has 0 spiro atoms. The Labute approximate surface area is 80.2 Å². The first-order chi connectivity index (χ1) is 6.36. The van der Waals surface area contributed by atoms with E-state index in [1.165, 1.54) is 24.9 Å². The van der Waals surface area contributed by atoms with Crippen LogP contribution in [0.1, 0.15) is 31.4 Å². The Morgan fingerprint density at radius 2 is 1.92 bits per heavy atom. The van der Waals surface area contributed by atoms with Crippen LogP contribution in [-0.2, 0) is 0 Å². The van der Waals surface area contributed by atoms with E-state index in [0.717, 1.165) is 5.92 Å². The minimum atomic E-state index is 0.595. The van der Waals surface area contributed by atoms with Gasteiger partial charge in [-0.25, -0.2) is 0 Å². The van der Waals surface area contributed by atoms with Crippen molar-refractivity contribution in [1.82, 2.24) is 5.32 Å². The summed E-state index contributed by atoms with van der Waals surface area (Å²) < 4.78 is 0. The molecule has 0 radical (unpaired) electrons. The predicted molar refractivity (Wildman–Crippen MR) is 55.6 cm³/mol. The average molecular weight is 175 g/mol. The summed E-state index contributed by atoms with van der Waals surface area (Å²) in [5, 5.41) is 3.59. The molecule has 70 valence electrons. The maximum absolute atomic E-state index is 3.59. The molecule has 1 nitrogen and oxygen atoms in total. The van der Waals surface area contributed by atoms with Crippen LogP contribution in [0, 0.1) is 5.92 Å². The molecule has 1 fully saturated rings. The van der Waals surface area contributed by atoms with Gasteiger partial charge in [0, 0.05) is 6.04 Å². The number of nitrogens with one attached hydrogen (secondary N) is 1. The highest BCUT2D eigenvalue weighted by Gasteiger charge is 2.17. The molecule has 1 aliphatic rings. The quantitative estimate of drug-likeness (QED) is 0.692. The highest BCUT2D eigenvalue weighted by atomic mass is 14.9. The van der Waals surface area contributed by atoms with Gasteiger partial charge in [-0.1, -0.05) is 37.3 Å². The molecule has 1 N–H and O–H groups in total. The van der Waals surface area contributed by atoms with Crippen molar-refractivity contribution in [2.45, 2.75) is 25.8 Å². The molecule has 1 aromatic rings. The van der Waals surface area contributed by atoms with Crippen LogP contribution >= 0.6 is 0 Å². The van der Waals surface area contributed by atoms with Crippen molar-refractivity contribution in [1.29, 1.82) is 0 Å². The van der Waals surface area contributed by atoms with Crippen molar-refractivity contribution in [2.24, 2.45) is 5.92 Å². The number of hydrogen-bond donors (Lipinski definition) is 1. The SMILES string of the molecule is CC1CC[C@@H](c2ccccc2)NC1. The van der Waals surface area contributed by atoms with E-state index in [-0.39, 0.29) is 0 Å². The summed E-state index contributed by atoms with van der Waals surface area (Å²) in [6.45, 7) is 3.48. The molecule has 0 saturated carbocycles. The van der Waals surface area contributed by atoms with E-state index in [9.17, 15) is 0 Å².